The van der Waals surface area contributed by atoms with Crippen molar-refractivity contribution in [3.05, 3.63) is 27.4 Å². The molecule has 1 aromatic rings. The van der Waals surface area contributed by atoms with Crippen LogP contribution in [-0.2, 0) is 0 Å². The van der Waals surface area contributed by atoms with Gasteiger partial charge in [-0.25, -0.2) is 4.98 Å². The molecule has 0 fully saturated rings. The highest BCUT2D eigenvalue weighted by atomic mass is 16.2. The lowest BCUT2D eigenvalue weighted by Gasteiger charge is -2.10. The molecule has 0 aliphatic rings. The topological polar surface area (TPSA) is 78.1 Å². The molecule has 1 heterocycles. The zero-order valence-corrected chi connectivity index (χ0v) is 10.6. The first-order chi connectivity index (χ1) is 7.91. The van der Waals surface area contributed by atoms with E-state index in [1.807, 2.05) is 19.0 Å². The lowest BCUT2D eigenvalue weighted by atomic mass is 10.2. The lowest BCUT2D eigenvalue weighted by Crippen LogP contribution is -2.35. The molecule has 0 aliphatic carbocycles. The molecule has 6 heteroatoms. The van der Waals surface area contributed by atoms with E-state index in [4.69, 9.17) is 0 Å². The standard InChI is InChI=1S/C11H18N4O2/c1-7-9(11(17)14-8(2)13-7)10(16)12-5-6-15(3)4/h5-6H2,1-4H3,(H,12,16)(H,13,14,17). The van der Waals surface area contributed by atoms with Crippen molar-refractivity contribution >= 4 is 5.91 Å². The monoisotopic (exact) mass is 238 g/mol. The number of hydrogen-bond acceptors (Lipinski definition) is 4. The van der Waals surface area contributed by atoms with Gasteiger partial charge >= 0.3 is 0 Å². The number of hydrogen-bond donors (Lipinski definition) is 2. The molecule has 0 bridgehead atoms. The molecule has 1 amide bonds. The Kier molecular flexibility index (Phi) is 4.39. The summed E-state index contributed by atoms with van der Waals surface area (Å²) in [6.07, 6.45) is 0. The minimum atomic E-state index is -0.391. The molecule has 0 aliphatic heterocycles. The minimum Gasteiger partial charge on any atom is -0.351 e. The van der Waals surface area contributed by atoms with Gasteiger partial charge in [-0.2, -0.15) is 0 Å². The van der Waals surface area contributed by atoms with Crippen LogP contribution in [0, 0.1) is 13.8 Å². The Labute approximate surface area is 100 Å². The first-order valence-corrected chi connectivity index (χ1v) is 5.42. The third-order valence-corrected chi connectivity index (χ3v) is 2.29. The van der Waals surface area contributed by atoms with Crippen molar-refractivity contribution in [1.29, 1.82) is 0 Å². The third kappa shape index (κ3) is 3.67. The number of carbonyl (C=O) groups excluding carboxylic acids is 1. The Bertz CT molecular complexity index is 465. The summed E-state index contributed by atoms with van der Waals surface area (Å²) in [4.78, 5) is 32.0. The van der Waals surface area contributed by atoms with Gasteiger partial charge in [-0.15, -0.1) is 0 Å². The normalized spacial score (nSPS) is 10.6. The minimum absolute atomic E-state index is 0.0920. The van der Waals surface area contributed by atoms with Crippen LogP contribution in [0.15, 0.2) is 4.79 Å². The molecule has 0 saturated heterocycles. The molecule has 0 unspecified atom stereocenters. The maximum atomic E-state index is 11.8. The average Bonchev–Trinajstić information content (AvgIpc) is 2.14. The number of rotatable bonds is 4. The van der Waals surface area contributed by atoms with E-state index in [9.17, 15) is 9.59 Å². The molecule has 94 valence electrons. The zero-order valence-electron chi connectivity index (χ0n) is 10.6. The Morgan fingerprint density at radius 2 is 2.06 bits per heavy atom. The quantitative estimate of drug-likeness (QED) is 0.753. The number of amides is 1. The molecule has 0 saturated carbocycles. The van der Waals surface area contributed by atoms with Crippen LogP contribution in [0.25, 0.3) is 0 Å². The molecule has 6 nitrogen and oxygen atoms in total. The Morgan fingerprint density at radius 1 is 1.41 bits per heavy atom. The Hall–Kier alpha value is -1.69. The van der Waals surface area contributed by atoms with E-state index < -0.39 is 5.56 Å². The van der Waals surface area contributed by atoms with Crippen molar-refractivity contribution in [2.75, 3.05) is 27.2 Å². The fourth-order valence-corrected chi connectivity index (χ4v) is 1.48. The SMILES string of the molecule is Cc1nc(C)c(C(=O)NCCN(C)C)c(=O)[nH]1. The zero-order chi connectivity index (χ0) is 13.0. The van der Waals surface area contributed by atoms with Crippen molar-refractivity contribution < 1.29 is 4.79 Å². The summed E-state index contributed by atoms with van der Waals surface area (Å²) in [6.45, 7) is 4.56. The summed E-state index contributed by atoms with van der Waals surface area (Å²) in [5.74, 6) is 0.135. The molecular weight excluding hydrogens is 220 g/mol. The van der Waals surface area contributed by atoms with Gasteiger partial charge in [0.05, 0.1) is 5.69 Å². The third-order valence-electron chi connectivity index (χ3n) is 2.29. The van der Waals surface area contributed by atoms with Gasteiger partial charge in [0.15, 0.2) is 0 Å². The molecule has 0 radical (unpaired) electrons. The van der Waals surface area contributed by atoms with E-state index in [1.54, 1.807) is 13.8 Å². The van der Waals surface area contributed by atoms with Crippen molar-refractivity contribution in [3.8, 4) is 0 Å². The number of nitrogens with one attached hydrogen (secondary N) is 2. The number of aromatic nitrogens is 2. The maximum Gasteiger partial charge on any atom is 0.264 e. The summed E-state index contributed by atoms with van der Waals surface area (Å²) >= 11 is 0. The predicted octanol–water partition coefficient (Wildman–Crippen LogP) is -0.322. The van der Waals surface area contributed by atoms with E-state index >= 15 is 0 Å². The van der Waals surface area contributed by atoms with Crippen LogP contribution in [0.2, 0.25) is 0 Å². The smallest absolute Gasteiger partial charge is 0.264 e. The average molecular weight is 238 g/mol. The van der Waals surface area contributed by atoms with Crippen LogP contribution in [0.5, 0.6) is 0 Å². The highest BCUT2D eigenvalue weighted by Crippen LogP contribution is 1.98. The number of H-pyrrole nitrogens is 1. The summed E-state index contributed by atoms with van der Waals surface area (Å²) in [7, 11) is 3.83. The van der Waals surface area contributed by atoms with Crippen LogP contribution in [-0.4, -0.2) is 48.0 Å². The second-order valence-corrected chi connectivity index (χ2v) is 4.17. The molecule has 0 spiro atoms. The van der Waals surface area contributed by atoms with Crippen molar-refractivity contribution in [3.63, 3.8) is 0 Å². The van der Waals surface area contributed by atoms with Crippen LogP contribution in [0.4, 0.5) is 0 Å². The van der Waals surface area contributed by atoms with E-state index in [2.05, 4.69) is 15.3 Å². The predicted molar refractivity (Wildman–Crippen MR) is 65.2 cm³/mol. The first kappa shape index (κ1) is 13.4. The summed E-state index contributed by atoms with van der Waals surface area (Å²) in [5.41, 5.74) is 0.153. The fourth-order valence-electron chi connectivity index (χ4n) is 1.48. The van der Waals surface area contributed by atoms with Crippen molar-refractivity contribution in [1.82, 2.24) is 20.2 Å². The number of likely N-dealkylation sites (N-methyl/N-ethyl adjacent to an activating group) is 1. The summed E-state index contributed by atoms with van der Waals surface area (Å²) in [5, 5.41) is 2.69. The highest BCUT2D eigenvalue weighted by Gasteiger charge is 2.14. The van der Waals surface area contributed by atoms with Crippen molar-refractivity contribution in [2.24, 2.45) is 0 Å². The molecule has 0 atom stereocenters. The number of aryl methyl sites for hydroxylation is 2. The van der Waals surface area contributed by atoms with Gasteiger partial charge in [0.1, 0.15) is 11.4 Å². The summed E-state index contributed by atoms with van der Waals surface area (Å²) < 4.78 is 0. The maximum absolute atomic E-state index is 11.8. The molecular formula is C11H18N4O2. The van der Waals surface area contributed by atoms with E-state index in [0.717, 1.165) is 6.54 Å². The second kappa shape index (κ2) is 5.58. The number of aromatic amines is 1. The Balaban J connectivity index is 2.79. The van der Waals surface area contributed by atoms with E-state index in [0.29, 0.717) is 18.1 Å². The highest BCUT2D eigenvalue weighted by molar-refractivity contribution is 5.94. The van der Waals surface area contributed by atoms with Crippen molar-refractivity contribution in [2.45, 2.75) is 13.8 Å². The molecule has 1 rings (SSSR count). The van der Waals surface area contributed by atoms with Gasteiger partial charge in [-0.3, -0.25) is 9.59 Å². The molecule has 0 aromatic carbocycles. The largest absolute Gasteiger partial charge is 0.351 e. The molecule has 17 heavy (non-hydrogen) atoms. The molecule has 1 aromatic heterocycles. The van der Waals surface area contributed by atoms with Crippen LogP contribution in [0.1, 0.15) is 21.9 Å². The summed E-state index contributed by atoms with van der Waals surface area (Å²) in [6, 6.07) is 0. The van der Waals surface area contributed by atoms with E-state index in [-0.39, 0.29) is 11.5 Å². The first-order valence-electron chi connectivity index (χ1n) is 5.42. The fraction of sp³-hybridized carbons (Fsp3) is 0.545. The van der Waals surface area contributed by atoms with Crippen LogP contribution >= 0.6 is 0 Å². The van der Waals surface area contributed by atoms with Crippen LogP contribution < -0.4 is 10.9 Å². The van der Waals surface area contributed by atoms with Gasteiger partial charge in [0.2, 0.25) is 0 Å². The van der Waals surface area contributed by atoms with E-state index in [1.165, 1.54) is 0 Å². The second-order valence-electron chi connectivity index (χ2n) is 4.17. The number of carbonyl (C=O) groups is 1. The number of nitrogens with zero attached hydrogens (tertiary/aromatic N) is 2. The van der Waals surface area contributed by atoms with Gasteiger partial charge in [-0.1, -0.05) is 0 Å². The lowest BCUT2D eigenvalue weighted by molar-refractivity contribution is 0.0948. The Morgan fingerprint density at radius 3 is 2.59 bits per heavy atom. The van der Waals surface area contributed by atoms with Gasteiger partial charge < -0.3 is 15.2 Å². The van der Waals surface area contributed by atoms with Gasteiger partial charge in [0, 0.05) is 13.1 Å². The van der Waals surface area contributed by atoms with Gasteiger partial charge in [0.25, 0.3) is 11.5 Å². The van der Waals surface area contributed by atoms with Gasteiger partial charge in [-0.05, 0) is 27.9 Å². The van der Waals surface area contributed by atoms with Crippen LogP contribution in [0.3, 0.4) is 0 Å². The molecule has 2 N–H and O–H groups in total.